The van der Waals surface area contributed by atoms with E-state index < -0.39 is 0 Å². The summed E-state index contributed by atoms with van der Waals surface area (Å²) in [5.41, 5.74) is 3.18. The molecule has 0 spiro atoms. The Morgan fingerprint density at radius 2 is 1.79 bits per heavy atom. The number of nitrogens with one attached hydrogen (secondary N) is 1. The lowest BCUT2D eigenvalue weighted by molar-refractivity contribution is -0.119. The number of rotatable bonds is 7. The van der Waals surface area contributed by atoms with E-state index in [1.807, 2.05) is 23.1 Å². The summed E-state index contributed by atoms with van der Waals surface area (Å²) in [5.74, 6) is -0.226. The molecule has 4 rings (SSSR count). The Labute approximate surface area is 168 Å². The molecule has 0 radical (unpaired) electrons. The number of amides is 2. The zero-order valence-corrected chi connectivity index (χ0v) is 16.1. The number of Topliss-reactive ketones (excluding diaryl/α,β-unsaturated/α-hetero) is 1. The number of nitrogens with zero attached hydrogens (tertiary/aromatic N) is 1. The number of hydrogen-bond acceptors (Lipinski definition) is 3. The molecule has 5 nitrogen and oxygen atoms in total. The highest BCUT2D eigenvalue weighted by Gasteiger charge is 2.36. The summed E-state index contributed by atoms with van der Waals surface area (Å²) in [4.78, 5) is 38.5. The van der Waals surface area contributed by atoms with Gasteiger partial charge in [-0.05, 0) is 73.7 Å². The van der Waals surface area contributed by atoms with E-state index in [-0.39, 0.29) is 42.2 Å². The fourth-order valence-electron chi connectivity index (χ4n) is 3.67. The molecule has 1 aliphatic heterocycles. The quantitative estimate of drug-likeness (QED) is 0.719. The Balaban J connectivity index is 1.27. The van der Waals surface area contributed by atoms with Crippen LogP contribution in [-0.4, -0.2) is 24.1 Å². The number of hydrogen-bond donors (Lipinski definition) is 1. The SMILES string of the molecule is O=C(CCCC(=O)c1ccc(F)cc1)Nc1ccc2c(c1)CCN2C(=O)C1CC1. The van der Waals surface area contributed by atoms with Crippen molar-refractivity contribution in [3.63, 3.8) is 0 Å². The highest BCUT2D eigenvalue weighted by molar-refractivity contribution is 5.99. The van der Waals surface area contributed by atoms with Gasteiger partial charge in [0.25, 0.3) is 0 Å². The first-order valence-electron chi connectivity index (χ1n) is 10.0. The summed E-state index contributed by atoms with van der Waals surface area (Å²) in [6.07, 6.45) is 3.67. The fraction of sp³-hybridized carbons (Fsp3) is 0.348. The smallest absolute Gasteiger partial charge is 0.230 e. The highest BCUT2D eigenvalue weighted by atomic mass is 19.1. The number of carbonyl (C=O) groups excluding carboxylic acids is 3. The number of fused-ring (bicyclic) bond motifs is 1. The van der Waals surface area contributed by atoms with Gasteiger partial charge in [0, 0.05) is 42.2 Å². The van der Waals surface area contributed by atoms with Crippen molar-refractivity contribution < 1.29 is 18.8 Å². The predicted octanol–water partition coefficient (Wildman–Crippen LogP) is 4.12. The maximum atomic E-state index is 12.9. The lowest BCUT2D eigenvalue weighted by Crippen LogP contribution is -2.30. The minimum Gasteiger partial charge on any atom is -0.326 e. The normalized spacial score (nSPS) is 15.1. The van der Waals surface area contributed by atoms with Crippen LogP contribution in [-0.2, 0) is 16.0 Å². The van der Waals surface area contributed by atoms with Crippen molar-refractivity contribution in [2.24, 2.45) is 5.92 Å². The first-order chi connectivity index (χ1) is 14.0. The highest BCUT2D eigenvalue weighted by Crippen LogP contribution is 2.37. The van der Waals surface area contributed by atoms with Crippen LogP contribution in [0.5, 0.6) is 0 Å². The molecule has 0 atom stereocenters. The van der Waals surface area contributed by atoms with Crippen LogP contribution in [0, 0.1) is 11.7 Å². The molecular formula is C23H23FN2O3. The van der Waals surface area contributed by atoms with E-state index in [1.54, 1.807) is 0 Å². The second-order valence-corrected chi connectivity index (χ2v) is 7.69. The third-order valence-electron chi connectivity index (χ3n) is 5.43. The zero-order chi connectivity index (χ0) is 20.4. The zero-order valence-electron chi connectivity index (χ0n) is 16.1. The van der Waals surface area contributed by atoms with E-state index in [2.05, 4.69) is 5.32 Å². The number of ketones is 1. The molecule has 150 valence electrons. The molecule has 1 saturated carbocycles. The summed E-state index contributed by atoms with van der Waals surface area (Å²) in [5, 5.41) is 2.87. The minimum absolute atomic E-state index is 0.101. The van der Waals surface area contributed by atoms with Gasteiger partial charge in [0.15, 0.2) is 5.78 Å². The molecule has 0 bridgehead atoms. The average molecular weight is 394 g/mol. The molecule has 29 heavy (non-hydrogen) atoms. The molecule has 6 heteroatoms. The molecule has 1 fully saturated rings. The van der Waals surface area contributed by atoms with Gasteiger partial charge in [-0.25, -0.2) is 4.39 Å². The molecule has 1 aliphatic carbocycles. The van der Waals surface area contributed by atoms with Crippen LogP contribution in [0.3, 0.4) is 0 Å². The van der Waals surface area contributed by atoms with Crippen LogP contribution >= 0.6 is 0 Å². The molecule has 0 saturated heterocycles. The van der Waals surface area contributed by atoms with Gasteiger partial charge in [0.05, 0.1) is 0 Å². The third kappa shape index (κ3) is 4.53. The van der Waals surface area contributed by atoms with Gasteiger partial charge in [-0.3, -0.25) is 14.4 Å². The van der Waals surface area contributed by atoms with Crippen molar-refractivity contribution >= 4 is 29.0 Å². The molecule has 2 aliphatic rings. The Kier molecular flexibility index (Phi) is 5.43. The Morgan fingerprint density at radius 1 is 1.03 bits per heavy atom. The van der Waals surface area contributed by atoms with E-state index in [9.17, 15) is 18.8 Å². The molecule has 1 N–H and O–H groups in total. The second-order valence-electron chi connectivity index (χ2n) is 7.69. The number of carbonyl (C=O) groups is 3. The van der Waals surface area contributed by atoms with Crippen LogP contribution < -0.4 is 10.2 Å². The van der Waals surface area contributed by atoms with Crippen molar-refractivity contribution in [2.45, 2.75) is 38.5 Å². The summed E-state index contributed by atoms with van der Waals surface area (Å²) in [6.45, 7) is 0.702. The van der Waals surface area contributed by atoms with Gasteiger partial charge in [-0.1, -0.05) is 0 Å². The summed E-state index contributed by atoms with van der Waals surface area (Å²) in [7, 11) is 0. The second kappa shape index (κ2) is 8.15. The first-order valence-corrected chi connectivity index (χ1v) is 10.0. The number of halogens is 1. The van der Waals surface area contributed by atoms with Crippen molar-refractivity contribution in [1.29, 1.82) is 0 Å². The topological polar surface area (TPSA) is 66.5 Å². The van der Waals surface area contributed by atoms with Crippen LogP contribution in [0.15, 0.2) is 42.5 Å². The van der Waals surface area contributed by atoms with Crippen LogP contribution in [0.2, 0.25) is 0 Å². The summed E-state index contributed by atoms with van der Waals surface area (Å²) >= 11 is 0. The van der Waals surface area contributed by atoms with Gasteiger partial charge < -0.3 is 10.2 Å². The van der Waals surface area contributed by atoms with Gasteiger partial charge in [0.1, 0.15) is 5.82 Å². The number of benzene rings is 2. The van der Waals surface area contributed by atoms with Crippen LogP contribution in [0.4, 0.5) is 15.8 Å². The van der Waals surface area contributed by atoms with E-state index in [1.165, 1.54) is 24.3 Å². The monoisotopic (exact) mass is 394 g/mol. The van der Waals surface area contributed by atoms with Gasteiger partial charge in [-0.15, -0.1) is 0 Å². The molecule has 1 heterocycles. The molecule has 2 aromatic rings. The maximum Gasteiger partial charge on any atom is 0.230 e. The molecular weight excluding hydrogens is 371 g/mol. The molecule has 2 aromatic carbocycles. The Hall–Kier alpha value is -3.02. The van der Waals surface area contributed by atoms with Crippen molar-refractivity contribution in [3.8, 4) is 0 Å². The van der Waals surface area contributed by atoms with E-state index in [4.69, 9.17) is 0 Å². The van der Waals surface area contributed by atoms with Gasteiger partial charge >= 0.3 is 0 Å². The summed E-state index contributed by atoms with van der Waals surface area (Å²) < 4.78 is 12.9. The lowest BCUT2D eigenvalue weighted by Gasteiger charge is -2.17. The molecule has 0 aromatic heterocycles. The first kappa shape index (κ1) is 19.3. The fourth-order valence-corrected chi connectivity index (χ4v) is 3.67. The van der Waals surface area contributed by atoms with E-state index in [0.717, 1.165) is 30.5 Å². The third-order valence-corrected chi connectivity index (χ3v) is 5.43. The van der Waals surface area contributed by atoms with Crippen molar-refractivity contribution in [2.75, 3.05) is 16.8 Å². The number of anilines is 2. The molecule has 0 unspecified atom stereocenters. The Morgan fingerprint density at radius 3 is 2.52 bits per heavy atom. The van der Waals surface area contributed by atoms with Crippen LogP contribution in [0.1, 0.15) is 48.0 Å². The van der Waals surface area contributed by atoms with E-state index >= 15 is 0 Å². The van der Waals surface area contributed by atoms with Crippen molar-refractivity contribution in [1.82, 2.24) is 0 Å². The lowest BCUT2D eigenvalue weighted by atomic mass is 10.1. The minimum atomic E-state index is -0.379. The summed E-state index contributed by atoms with van der Waals surface area (Å²) in [6, 6.07) is 11.1. The molecule has 2 amide bonds. The predicted molar refractivity (Wildman–Crippen MR) is 108 cm³/mol. The van der Waals surface area contributed by atoms with E-state index in [0.29, 0.717) is 24.2 Å². The Bertz CT molecular complexity index is 951. The van der Waals surface area contributed by atoms with Crippen molar-refractivity contribution in [3.05, 3.63) is 59.4 Å². The van der Waals surface area contributed by atoms with Crippen LogP contribution in [0.25, 0.3) is 0 Å². The van der Waals surface area contributed by atoms with Gasteiger partial charge in [-0.2, -0.15) is 0 Å². The largest absolute Gasteiger partial charge is 0.326 e. The van der Waals surface area contributed by atoms with Gasteiger partial charge in [0.2, 0.25) is 11.8 Å². The average Bonchev–Trinajstić information content (AvgIpc) is 3.47. The maximum absolute atomic E-state index is 12.9. The standard InChI is InChI=1S/C23H23FN2O3/c24-18-8-6-15(7-9-18)21(27)2-1-3-22(28)25-19-10-11-20-17(14-19)12-13-26(20)23(29)16-4-5-16/h6-11,14,16H,1-5,12-13H2,(H,25,28).